The van der Waals surface area contributed by atoms with Gasteiger partial charge in [0.2, 0.25) is 0 Å². The molecule has 0 fully saturated rings. The molecule has 0 bridgehead atoms. The average molecular weight is 393 g/mol. The molecule has 1 heterocycles. The van der Waals surface area contributed by atoms with E-state index in [0.29, 0.717) is 23.4 Å². The number of benzene rings is 1. The Morgan fingerprint density at radius 3 is 2.04 bits per heavy atom. The highest BCUT2D eigenvalue weighted by Gasteiger charge is 2.73. The fourth-order valence-corrected chi connectivity index (χ4v) is 2.71. The molecule has 9 heteroatoms. The van der Waals surface area contributed by atoms with E-state index in [-0.39, 0.29) is 28.8 Å². The maximum atomic E-state index is 14.5. The van der Waals surface area contributed by atoms with Gasteiger partial charge in [0.15, 0.2) is 0 Å². The van der Waals surface area contributed by atoms with Gasteiger partial charge in [-0.25, -0.2) is 4.39 Å². The highest BCUT2D eigenvalue weighted by molar-refractivity contribution is 5.90. The Morgan fingerprint density at radius 2 is 1.56 bits per heavy atom. The molecule has 0 aliphatic rings. The van der Waals surface area contributed by atoms with Crippen LogP contribution < -0.4 is 4.74 Å². The SMILES string of the molecule is C#CCOc1c(C)c(C)nc2c(C)cc(C(F)(C(F)(F)F)C(F)(F)F)cc12. The first kappa shape index (κ1) is 20.8. The third-order valence-electron chi connectivity index (χ3n) is 4.19. The molecular formula is C18H14F7NO. The van der Waals surface area contributed by atoms with Gasteiger partial charge in [-0.1, -0.05) is 5.92 Å². The Balaban J connectivity index is 2.93. The van der Waals surface area contributed by atoms with E-state index in [1.165, 1.54) is 13.8 Å². The van der Waals surface area contributed by atoms with Crippen molar-refractivity contribution in [2.45, 2.75) is 38.8 Å². The highest BCUT2D eigenvalue weighted by Crippen LogP contribution is 2.54. The molecular weight excluding hydrogens is 379 g/mol. The van der Waals surface area contributed by atoms with Crippen molar-refractivity contribution in [3.63, 3.8) is 0 Å². The quantitative estimate of drug-likeness (QED) is 0.510. The van der Waals surface area contributed by atoms with Crippen molar-refractivity contribution >= 4 is 10.9 Å². The van der Waals surface area contributed by atoms with Crippen LogP contribution in [0.5, 0.6) is 5.75 Å². The number of halogens is 7. The molecule has 1 aromatic heterocycles. The van der Waals surface area contributed by atoms with Crippen molar-refractivity contribution in [2.75, 3.05) is 6.61 Å². The molecule has 0 saturated heterocycles. The van der Waals surface area contributed by atoms with Gasteiger partial charge in [-0.3, -0.25) is 4.98 Å². The molecule has 2 nitrogen and oxygen atoms in total. The van der Waals surface area contributed by atoms with Crippen molar-refractivity contribution in [1.82, 2.24) is 4.98 Å². The van der Waals surface area contributed by atoms with Crippen LogP contribution in [0.4, 0.5) is 30.7 Å². The van der Waals surface area contributed by atoms with Crippen LogP contribution in [0.1, 0.15) is 22.4 Å². The Morgan fingerprint density at radius 1 is 1.00 bits per heavy atom. The lowest BCUT2D eigenvalue weighted by molar-refractivity contribution is -0.348. The maximum Gasteiger partial charge on any atom is 0.435 e. The molecule has 2 rings (SSSR count). The molecule has 0 unspecified atom stereocenters. The van der Waals surface area contributed by atoms with Crippen LogP contribution in [0.2, 0.25) is 0 Å². The fourth-order valence-electron chi connectivity index (χ4n) is 2.71. The minimum Gasteiger partial charge on any atom is -0.480 e. The number of aromatic nitrogens is 1. The zero-order chi connectivity index (χ0) is 20.8. The van der Waals surface area contributed by atoms with Crippen LogP contribution in [0, 0.1) is 33.1 Å². The first-order valence-electron chi connectivity index (χ1n) is 7.56. The van der Waals surface area contributed by atoms with E-state index in [0.717, 1.165) is 0 Å². The normalized spacial score (nSPS) is 12.9. The number of ether oxygens (including phenoxy) is 1. The van der Waals surface area contributed by atoms with Gasteiger partial charge >= 0.3 is 18.0 Å². The summed E-state index contributed by atoms with van der Waals surface area (Å²) in [5.41, 5.74) is -6.28. The lowest BCUT2D eigenvalue weighted by atomic mass is 9.90. The topological polar surface area (TPSA) is 22.1 Å². The lowest BCUT2D eigenvalue weighted by Gasteiger charge is -2.31. The summed E-state index contributed by atoms with van der Waals surface area (Å²) in [6.07, 6.45) is -7.32. The standard InChI is InChI=1S/C18H14F7NO/c1-5-6-27-15-10(3)11(4)26-14-9(2)7-12(8-13(14)15)16(19,17(20,21)22)18(23,24)25/h1,7-8H,6H2,2-4H3. The number of aryl methyl sites for hydroxylation is 2. The number of hydrogen-bond donors (Lipinski definition) is 0. The predicted octanol–water partition coefficient (Wildman–Crippen LogP) is 5.46. The summed E-state index contributed by atoms with van der Waals surface area (Å²) in [4.78, 5) is 4.17. The van der Waals surface area contributed by atoms with Crippen LogP contribution in [-0.2, 0) is 5.67 Å². The minimum absolute atomic E-state index is 0.0351. The summed E-state index contributed by atoms with van der Waals surface area (Å²) < 4.78 is 98.4. The van der Waals surface area contributed by atoms with Gasteiger partial charge in [-0.05, 0) is 38.5 Å². The van der Waals surface area contributed by atoms with E-state index >= 15 is 0 Å². The molecule has 2 aromatic rings. The van der Waals surface area contributed by atoms with Crippen LogP contribution in [0.25, 0.3) is 10.9 Å². The first-order valence-corrected chi connectivity index (χ1v) is 7.56. The van der Waals surface area contributed by atoms with Gasteiger partial charge < -0.3 is 4.74 Å². The molecule has 0 amide bonds. The third-order valence-corrected chi connectivity index (χ3v) is 4.19. The van der Waals surface area contributed by atoms with Gasteiger partial charge in [0.25, 0.3) is 0 Å². The van der Waals surface area contributed by atoms with E-state index in [9.17, 15) is 30.7 Å². The zero-order valence-electron chi connectivity index (χ0n) is 14.4. The number of alkyl halides is 7. The van der Waals surface area contributed by atoms with Crippen molar-refractivity contribution in [3.8, 4) is 18.1 Å². The Hall–Kier alpha value is -2.50. The van der Waals surface area contributed by atoms with Crippen molar-refractivity contribution < 1.29 is 35.5 Å². The molecule has 0 N–H and O–H groups in total. The monoisotopic (exact) mass is 393 g/mol. The summed E-state index contributed by atoms with van der Waals surface area (Å²) in [6, 6.07) is 0.963. The van der Waals surface area contributed by atoms with Gasteiger partial charge in [0, 0.05) is 22.2 Å². The largest absolute Gasteiger partial charge is 0.480 e. The summed E-state index contributed by atoms with van der Waals surface area (Å²) in [5, 5.41) is -0.182. The maximum absolute atomic E-state index is 14.5. The molecule has 0 radical (unpaired) electrons. The summed E-state index contributed by atoms with van der Waals surface area (Å²) in [5.74, 6) is 2.12. The summed E-state index contributed by atoms with van der Waals surface area (Å²) in [7, 11) is 0. The van der Waals surface area contributed by atoms with Crippen LogP contribution in [0.15, 0.2) is 12.1 Å². The van der Waals surface area contributed by atoms with E-state index in [1.54, 1.807) is 6.92 Å². The second-order valence-corrected chi connectivity index (χ2v) is 5.99. The molecule has 27 heavy (non-hydrogen) atoms. The number of nitrogens with zero attached hydrogens (tertiary/aromatic N) is 1. The smallest absolute Gasteiger partial charge is 0.435 e. The second kappa shape index (κ2) is 6.59. The van der Waals surface area contributed by atoms with E-state index in [1.807, 2.05) is 0 Å². The molecule has 0 saturated carbocycles. The van der Waals surface area contributed by atoms with Crippen molar-refractivity contribution in [2.24, 2.45) is 0 Å². The molecule has 1 aromatic carbocycles. The fraction of sp³-hybridized carbons (Fsp3) is 0.389. The molecule has 0 aliphatic heterocycles. The summed E-state index contributed by atoms with van der Waals surface area (Å²) in [6.45, 7) is 4.08. The van der Waals surface area contributed by atoms with E-state index in [4.69, 9.17) is 11.2 Å². The lowest BCUT2D eigenvalue weighted by Crippen LogP contribution is -2.50. The van der Waals surface area contributed by atoms with Gasteiger partial charge in [0.05, 0.1) is 5.52 Å². The molecule has 0 atom stereocenters. The second-order valence-electron chi connectivity index (χ2n) is 5.99. The van der Waals surface area contributed by atoms with Crippen molar-refractivity contribution in [1.29, 1.82) is 0 Å². The molecule has 0 spiro atoms. The minimum atomic E-state index is -6.21. The highest BCUT2D eigenvalue weighted by atomic mass is 19.4. The van der Waals surface area contributed by atoms with Gasteiger partial charge in [-0.2, -0.15) is 26.3 Å². The predicted molar refractivity (Wildman–Crippen MR) is 85.2 cm³/mol. The zero-order valence-corrected chi connectivity index (χ0v) is 14.4. The third kappa shape index (κ3) is 3.29. The number of fused-ring (bicyclic) bond motifs is 1. The number of rotatable bonds is 3. The Kier molecular flexibility index (Phi) is 5.08. The number of terminal acetylenes is 1. The molecule has 0 aliphatic carbocycles. The van der Waals surface area contributed by atoms with Crippen molar-refractivity contribution in [3.05, 3.63) is 34.5 Å². The van der Waals surface area contributed by atoms with Crippen LogP contribution in [-0.4, -0.2) is 23.9 Å². The Labute approximate surface area is 150 Å². The van der Waals surface area contributed by atoms with Crippen LogP contribution >= 0.6 is 0 Å². The van der Waals surface area contributed by atoms with Crippen LogP contribution in [0.3, 0.4) is 0 Å². The molecule has 146 valence electrons. The summed E-state index contributed by atoms with van der Waals surface area (Å²) >= 11 is 0. The number of pyridine rings is 1. The Bertz CT molecular complexity index is 909. The number of hydrogen-bond acceptors (Lipinski definition) is 2. The van der Waals surface area contributed by atoms with Gasteiger partial charge in [-0.15, -0.1) is 6.42 Å². The van der Waals surface area contributed by atoms with Gasteiger partial charge in [0.1, 0.15) is 12.4 Å². The first-order chi connectivity index (χ1) is 12.3. The average Bonchev–Trinajstić information content (AvgIpc) is 2.53. The van der Waals surface area contributed by atoms with E-state index < -0.39 is 23.6 Å². The van der Waals surface area contributed by atoms with E-state index in [2.05, 4.69) is 10.9 Å².